The molecule has 0 aromatic heterocycles. The van der Waals surface area contributed by atoms with E-state index in [9.17, 15) is 9.18 Å². The van der Waals surface area contributed by atoms with Crippen LogP contribution in [0.4, 0.5) is 4.39 Å². The van der Waals surface area contributed by atoms with Crippen molar-refractivity contribution in [1.82, 2.24) is 14.7 Å². The van der Waals surface area contributed by atoms with Crippen LogP contribution in [0.25, 0.3) is 11.1 Å². The van der Waals surface area contributed by atoms with Gasteiger partial charge < -0.3 is 14.5 Å². The number of halogens is 1. The minimum Gasteiger partial charge on any atom is -0.483 e. The number of benzene rings is 3. The second-order valence-corrected chi connectivity index (χ2v) is 9.53. The average Bonchev–Trinajstić information content (AvgIpc) is 2.89. The van der Waals surface area contributed by atoms with E-state index in [0.29, 0.717) is 6.54 Å². The molecular formula is C29H32FN3O2. The van der Waals surface area contributed by atoms with Crippen LogP contribution in [-0.2, 0) is 24.3 Å². The third kappa shape index (κ3) is 5.72. The fourth-order valence-electron chi connectivity index (χ4n) is 4.85. The largest absolute Gasteiger partial charge is 0.483 e. The molecule has 0 bridgehead atoms. The highest BCUT2D eigenvalue weighted by Gasteiger charge is 2.22. The topological polar surface area (TPSA) is 36.0 Å². The van der Waals surface area contributed by atoms with Crippen molar-refractivity contribution in [2.75, 3.05) is 46.4 Å². The summed E-state index contributed by atoms with van der Waals surface area (Å²) < 4.78 is 19.6. The first-order chi connectivity index (χ1) is 17.0. The SMILES string of the molecule is CN1CCN(Cc2cc(-c3ccc(F)cc3)ccc2OCC(=O)N2CCc3ccccc3C2)CC1. The summed E-state index contributed by atoms with van der Waals surface area (Å²) in [5, 5.41) is 0. The van der Waals surface area contributed by atoms with Gasteiger partial charge in [0.15, 0.2) is 6.61 Å². The van der Waals surface area contributed by atoms with Crippen molar-refractivity contribution in [2.45, 2.75) is 19.5 Å². The smallest absolute Gasteiger partial charge is 0.260 e. The molecule has 1 fully saturated rings. The van der Waals surface area contributed by atoms with Gasteiger partial charge in [0.25, 0.3) is 5.91 Å². The molecule has 0 aliphatic carbocycles. The molecule has 35 heavy (non-hydrogen) atoms. The van der Waals surface area contributed by atoms with Gasteiger partial charge in [-0.15, -0.1) is 0 Å². The molecule has 0 unspecified atom stereocenters. The Hall–Kier alpha value is -3.22. The quantitative estimate of drug-likeness (QED) is 0.538. The summed E-state index contributed by atoms with van der Waals surface area (Å²) in [6.45, 7) is 6.17. The highest BCUT2D eigenvalue weighted by Crippen LogP contribution is 2.29. The molecule has 2 aliphatic heterocycles. The summed E-state index contributed by atoms with van der Waals surface area (Å²) in [5.41, 5.74) is 5.56. The maximum Gasteiger partial charge on any atom is 0.260 e. The van der Waals surface area contributed by atoms with Gasteiger partial charge in [0.2, 0.25) is 0 Å². The number of amides is 1. The number of piperazine rings is 1. The average molecular weight is 474 g/mol. The summed E-state index contributed by atoms with van der Waals surface area (Å²) in [7, 11) is 2.14. The maximum absolute atomic E-state index is 13.4. The molecule has 0 saturated carbocycles. The van der Waals surface area contributed by atoms with E-state index in [1.165, 1.54) is 23.3 Å². The summed E-state index contributed by atoms with van der Waals surface area (Å²) in [5.74, 6) is 0.499. The van der Waals surface area contributed by atoms with E-state index in [1.807, 2.05) is 23.1 Å². The highest BCUT2D eigenvalue weighted by molar-refractivity contribution is 5.78. The third-order valence-electron chi connectivity index (χ3n) is 7.06. The van der Waals surface area contributed by atoms with Crippen LogP contribution in [-0.4, -0.2) is 67.0 Å². The van der Waals surface area contributed by atoms with E-state index in [0.717, 1.165) is 68.1 Å². The maximum atomic E-state index is 13.4. The van der Waals surface area contributed by atoms with E-state index < -0.39 is 0 Å². The van der Waals surface area contributed by atoms with Crippen molar-refractivity contribution in [3.63, 3.8) is 0 Å². The van der Waals surface area contributed by atoms with Crippen LogP contribution in [0, 0.1) is 5.82 Å². The lowest BCUT2D eigenvalue weighted by molar-refractivity contribution is -0.134. The Morgan fingerprint density at radius 2 is 1.60 bits per heavy atom. The molecule has 1 amide bonds. The number of fused-ring (bicyclic) bond motifs is 1. The minimum atomic E-state index is -0.245. The number of ether oxygens (including phenoxy) is 1. The van der Waals surface area contributed by atoms with Crippen molar-refractivity contribution >= 4 is 5.91 Å². The summed E-state index contributed by atoms with van der Waals surface area (Å²) in [4.78, 5) is 19.6. The van der Waals surface area contributed by atoms with Gasteiger partial charge >= 0.3 is 0 Å². The number of likely N-dealkylation sites (N-methyl/N-ethyl adjacent to an activating group) is 1. The first-order valence-electron chi connectivity index (χ1n) is 12.3. The lowest BCUT2D eigenvalue weighted by Gasteiger charge is -2.33. The molecule has 182 valence electrons. The van der Waals surface area contributed by atoms with Crippen molar-refractivity contribution in [3.8, 4) is 16.9 Å². The Labute approximate surface area is 206 Å². The normalized spacial score (nSPS) is 16.7. The van der Waals surface area contributed by atoms with E-state index in [2.05, 4.69) is 41.1 Å². The number of carbonyl (C=O) groups is 1. The molecule has 6 heteroatoms. The summed E-state index contributed by atoms with van der Waals surface area (Å²) >= 11 is 0. The Balaban J connectivity index is 1.31. The van der Waals surface area contributed by atoms with E-state index in [1.54, 1.807) is 12.1 Å². The Kier molecular flexibility index (Phi) is 7.11. The van der Waals surface area contributed by atoms with Crippen LogP contribution in [0.5, 0.6) is 5.75 Å². The van der Waals surface area contributed by atoms with Gasteiger partial charge in [-0.05, 0) is 60.0 Å². The first-order valence-corrected chi connectivity index (χ1v) is 12.3. The van der Waals surface area contributed by atoms with Gasteiger partial charge in [0.1, 0.15) is 11.6 Å². The molecule has 0 atom stereocenters. The third-order valence-corrected chi connectivity index (χ3v) is 7.06. The molecule has 0 N–H and O–H groups in total. The number of nitrogens with zero attached hydrogens (tertiary/aromatic N) is 3. The van der Waals surface area contributed by atoms with Crippen LogP contribution in [0.2, 0.25) is 0 Å². The van der Waals surface area contributed by atoms with Crippen LogP contribution < -0.4 is 4.74 Å². The van der Waals surface area contributed by atoms with Gasteiger partial charge in [-0.25, -0.2) is 4.39 Å². The molecule has 3 aromatic carbocycles. The van der Waals surface area contributed by atoms with Gasteiger partial charge in [-0.1, -0.05) is 42.5 Å². The van der Waals surface area contributed by atoms with Crippen molar-refractivity contribution < 1.29 is 13.9 Å². The second kappa shape index (κ2) is 10.6. The van der Waals surface area contributed by atoms with Gasteiger partial charge in [-0.3, -0.25) is 9.69 Å². The van der Waals surface area contributed by atoms with Crippen molar-refractivity contribution in [3.05, 3.63) is 89.2 Å². The lowest BCUT2D eigenvalue weighted by Crippen LogP contribution is -2.44. The molecule has 0 radical (unpaired) electrons. The first kappa shape index (κ1) is 23.5. The molecular weight excluding hydrogens is 441 g/mol. The monoisotopic (exact) mass is 473 g/mol. The lowest BCUT2D eigenvalue weighted by atomic mass is 10.00. The Bertz CT molecular complexity index is 1170. The summed E-state index contributed by atoms with van der Waals surface area (Å²) in [6.07, 6.45) is 0.878. The van der Waals surface area contributed by atoms with Crippen molar-refractivity contribution in [1.29, 1.82) is 0 Å². The molecule has 0 spiro atoms. The fraction of sp³-hybridized carbons (Fsp3) is 0.345. The molecule has 2 aliphatic rings. The van der Waals surface area contributed by atoms with E-state index in [4.69, 9.17) is 4.74 Å². The molecule has 2 heterocycles. The number of rotatable bonds is 6. The van der Waals surface area contributed by atoms with Crippen LogP contribution in [0.1, 0.15) is 16.7 Å². The predicted molar refractivity (Wildman–Crippen MR) is 136 cm³/mol. The molecule has 3 aromatic rings. The minimum absolute atomic E-state index is 0.00709. The standard InChI is InChI=1S/C29H32FN3O2/c1-31-14-16-32(17-15-31)19-26-18-24(23-6-9-27(30)10-7-23)8-11-28(26)35-21-29(34)33-13-12-22-4-2-3-5-25(22)20-33/h2-11,18H,12-17,19-21H2,1H3. The molecule has 5 rings (SSSR count). The summed E-state index contributed by atoms with van der Waals surface area (Å²) in [6, 6.07) is 20.9. The second-order valence-electron chi connectivity index (χ2n) is 9.53. The van der Waals surface area contributed by atoms with Crippen LogP contribution in [0.3, 0.4) is 0 Å². The number of carbonyl (C=O) groups excluding carboxylic acids is 1. The number of hydrogen-bond donors (Lipinski definition) is 0. The van der Waals surface area contributed by atoms with Gasteiger partial charge in [-0.2, -0.15) is 0 Å². The number of hydrogen-bond acceptors (Lipinski definition) is 4. The Morgan fingerprint density at radius 1 is 0.886 bits per heavy atom. The van der Waals surface area contributed by atoms with Crippen LogP contribution >= 0.6 is 0 Å². The van der Waals surface area contributed by atoms with E-state index >= 15 is 0 Å². The zero-order valence-electron chi connectivity index (χ0n) is 20.3. The van der Waals surface area contributed by atoms with Gasteiger partial charge in [0.05, 0.1) is 0 Å². The highest BCUT2D eigenvalue weighted by atomic mass is 19.1. The predicted octanol–water partition coefficient (Wildman–Crippen LogP) is 4.20. The van der Waals surface area contributed by atoms with Crippen molar-refractivity contribution in [2.24, 2.45) is 0 Å². The van der Waals surface area contributed by atoms with Gasteiger partial charge in [0, 0.05) is 51.4 Å². The fourth-order valence-corrected chi connectivity index (χ4v) is 4.85. The molecule has 1 saturated heterocycles. The van der Waals surface area contributed by atoms with E-state index in [-0.39, 0.29) is 18.3 Å². The molecule has 5 nitrogen and oxygen atoms in total. The zero-order valence-corrected chi connectivity index (χ0v) is 20.3. The zero-order chi connectivity index (χ0) is 24.2. The Morgan fingerprint density at radius 3 is 2.37 bits per heavy atom. The van der Waals surface area contributed by atoms with Crippen LogP contribution in [0.15, 0.2) is 66.7 Å².